The van der Waals surface area contributed by atoms with Gasteiger partial charge in [0, 0.05) is 18.9 Å². The molecule has 0 amide bonds. The summed E-state index contributed by atoms with van der Waals surface area (Å²) in [4.78, 5) is 15.0. The van der Waals surface area contributed by atoms with Crippen LogP contribution >= 0.6 is 0 Å². The first-order valence-corrected chi connectivity index (χ1v) is 5.71. The Hall–Kier alpha value is -2.30. The van der Waals surface area contributed by atoms with Gasteiger partial charge in [-0.2, -0.15) is 0 Å². The number of hydrogen-bond acceptors (Lipinski definition) is 3. The quantitative estimate of drug-likeness (QED) is 0.868. The second kappa shape index (κ2) is 4.91. The number of phenols is 1. The van der Waals surface area contributed by atoms with Crippen LogP contribution in [0.1, 0.15) is 23.7 Å². The van der Waals surface area contributed by atoms with Gasteiger partial charge in [0.15, 0.2) is 0 Å². The fraction of sp³-hybridized carbons (Fsp3) is 0.231. The van der Waals surface area contributed by atoms with E-state index in [1.807, 2.05) is 10.8 Å². The first-order chi connectivity index (χ1) is 8.63. The minimum Gasteiger partial charge on any atom is -0.507 e. The molecular weight excluding hydrogens is 232 g/mol. The van der Waals surface area contributed by atoms with E-state index in [1.165, 1.54) is 12.1 Å². The number of hydrogen-bond donors (Lipinski definition) is 2. The first kappa shape index (κ1) is 12.2. The number of aromatic nitrogens is 2. The molecule has 0 aliphatic rings. The van der Waals surface area contributed by atoms with Gasteiger partial charge in [0.1, 0.15) is 11.6 Å². The Labute approximate surface area is 104 Å². The van der Waals surface area contributed by atoms with Crippen LogP contribution in [0.3, 0.4) is 0 Å². The Bertz CT molecular complexity index is 575. The van der Waals surface area contributed by atoms with Crippen LogP contribution < -0.4 is 0 Å². The van der Waals surface area contributed by atoms with Crippen molar-refractivity contribution in [3.05, 3.63) is 36.2 Å². The van der Waals surface area contributed by atoms with Gasteiger partial charge < -0.3 is 14.8 Å². The number of aromatic hydroxyl groups is 1. The van der Waals surface area contributed by atoms with E-state index in [-0.39, 0.29) is 11.3 Å². The number of benzene rings is 1. The molecule has 0 unspecified atom stereocenters. The first-order valence-electron chi connectivity index (χ1n) is 5.71. The average molecular weight is 246 g/mol. The number of imidazole rings is 1. The minimum atomic E-state index is -1.06. The zero-order valence-corrected chi connectivity index (χ0v) is 10.00. The highest BCUT2D eigenvalue weighted by molar-refractivity contribution is 5.89. The van der Waals surface area contributed by atoms with E-state index in [1.54, 1.807) is 12.3 Å². The zero-order valence-electron chi connectivity index (χ0n) is 10.00. The molecule has 0 aliphatic carbocycles. The number of aromatic carboxylic acids is 1. The van der Waals surface area contributed by atoms with Crippen molar-refractivity contribution < 1.29 is 15.0 Å². The Morgan fingerprint density at radius 1 is 1.44 bits per heavy atom. The molecule has 5 heteroatoms. The fourth-order valence-corrected chi connectivity index (χ4v) is 1.83. The van der Waals surface area contributed by atoms with Crippen LogP contribution in [0.5, 0.6) is 5.75 Å². The molecule has 1 aromatic carbocycles. The van der Waals surface area contributed by atoms with Crippen molar-refractivity contribution >= 4 is 5.97 Å². The maximum absolute atomic E-state index is 10.8. The van der Waals surface area contributed by atoms with Crippen LogP contribution in [0.4, 0.5) is 0 Å². The number of carbonyl (C=O) groups is 1. The third-order valence-electron chi connectivity index (χ3n) is 2.67. The highest BCUT2D eigenvalue weighted by Gasteiger charge is 2.12. The van der Waals surface area contributed by atoms with Gasteiger partial charge in [0.25, 0.3) is 0 Å². The Balaban J connectivity index is 2.44. The molecule has 2 rings (SSSR count). The molecule has 0 atom stereocenters. The van der Waals surface area contributed by atoms with E-state index in [0.29, 0.717) is 11.4 Å². The van der Waals surface area contributed by atoms with Gasteiger partial charge in [-0.3, -0.25) is 0 Å². The lowest BCUT2D eigenvalue weighted by molar-refractivity contribution is 0.0696. The number of nitrogens with zero attached hydrogens (tertiary/aromatic N) is 2. The van der Waals surface area contributed by atoms with Crippen LogP contribution in [0, 0.1) is 0 Å². The molecule has 18 heavy (non-hydrogen) atoms. The lowest BCUT2D eigenvalue weighted by atomic mass is 10.1. The maximum atomic E-state index is 10.8. The topological polar surface area (TPSA) is 75.4 Å². The predicted octanol–water partition coefficient (Wildman–Crippen LogP) is 2.36. The summed E-state index contributed by atoms with van der Waals surface area (Å²) in [6, 6.07) is 4.28. The van der Waals surface area contributed by atoms with Crippen molar-refractivity contribution in [3.63, 3.8) is 0 Å². The molecule has 0 radical (unpaired) electrons. The van der Waals surface area contributed by atoms with E-state index in [0.717, 1.165) is 13.0 Å². The van der Waals surface area contributed by atoms with Gasteiger partial charge in [-0.1, -0.05) is 6.92 Å². The van der Waals surface area contributed by atoms with Crippen LogP contribution in [0.15, 0.2) is 30.6 Å². The molecule has 1 heterocycles. The minimum absolute atomic E-state index is 0.0600. The molecule has 2 N–H and O–H groups in total. The summed E-state index contributed by atoms with van der Waals surface area (Å²) >= 11 is 0. The van der Waals surface area contributed by atoms with Gasteiger partial charge in [0.05, 0.1) is 11.1 Å². The van der Waals surface area contributed by atoms with Gasteiger partial charge in [-0.05, 0) is 24.6 Å². The molecule has 2 aromatic rings. The Morgan fingerprint density at radius 3 is 2.83 bits per heavy atom. The Morgan fingerprint density at radius 2 is 2.22 bits per heavy atom. The van der Waals surface area contributed by atoms with Crippen molar-refractivity contribution in [1.29, 1.82) is 0 Å². The molecule has 0 bridgehead atoms. The molecule has 0 spiro atoms. The van der Waals surface area contributed by atoms with Gasteiger partial charge >= 0.3 is 5.97 Å². The largest absolute Gasteiger partial charge is 0.507 e. The predicted molar refractivity (Wildman–Crippen MR) is 66.6 cm³/mol. The van der Waals surface area contributed by atoms with E-state index in [9.17, 15) is 9.90 Å². The molecule has 0 aliphatic heterocycles. The number of phenolic OH excluding ortho intramolecular Hbond substituents is 1. The smallest absolute Gasteiger partial charge is 0.335 e. The summed E-state index contributed by atoms with van der Waals surface area (Å²) in [7, 11) is 0. The molecule has 0 saturated heterocycles. The summed E-state index contributed by atoms with van der Waals surface area (Å²) in [5.74, 6) is -0.488. The normalized spacial score (nSPS) is 10.5. The van der Waals surface area contributed by atoms with Crippen molar-refractivity contribution in [2.75, 3.05) is 0 Å². The summed E-state index contributed by atoms with van der Waals surface area (Å²) in [5.41, 5.74) is 0.600. The number of carboxylic acids is 1. The van der Waals surface area contributed by atoms with E-state index in [4.69, 9.17) is 5.11 Å². The third-order valence-corrected chi connectivity index (χ3v) is 2.67. The van der Waals surface area contributed by atoms with Crippen LogP contribution in [0.2, 0.25) is 0 Å². The average Bonchev–Trinajstić information content (AvgIpc) is 2.77. The number of rotatable bonds is 4. The van der Waals surface area contributed by atoms with E-state index in [2.05, 4.69) is 11.9 Å². The number of carboxylic acid groups (broad SMARTS) is 1. The standard InChI is InChI=1S/C13H14N2O3/c1-2-6-15-7-5-14-12(15)10-4-3-9(13(17)18)8-11(10)16/h3-5,7-8,16H,2,6H2,1H3,(H,17,18). The Kier molecular flexibility index (Phi) is 3.32. The zero-order chi connectivity index (χ0) is 13.1. The second-order valence-corrected chi connectivity index (χ2v) is 3.98. The van der Waals surface area contributed by atoms with Crippen molar-refractivity contribution in [2.45, 2.75) is 19.9 Å². The van der Waals surface area contributed by atoms with E-state index < -0.39 is 5.97 Å². The fourth-order valence-electron chi connectivity index (χ4n) is 1.83. The highest BCUT2D eigenvalue weighted by Crippen LogP contribution is 2.28. The molecule has 5 nitrogen and oxygen atoms in total. The van der Waals surface area contributed by atoms with Gasteiger partial charge in [-0.15, -0.1) is 0 Å². The summed E-state index contributed by atoms with van der Waals surface area (Å²) in [6.07, 6.45) is 4.45. The number of aryl methyl sites for hydroxylation is 1. The molecule has 0 fully saturated rings. The molecule has 94 valence electrons. The molecular formula is C13H14N2O3. The lowest BCUT2D eigenvalue weighted by Gasteiger charge is -2.08. The monoisotopic (exact) mass is 246 g/mol. The SMILES string of the molecule is CCCn1ccnc1-c1ccc(C(=O)O)cc1O. The van der Waals surface area contributed by atoms with Crippen molar-refractivity contribution in [2.24, 2.45) is 0 Å². The van der Waals surface area contributed by atoms with Crippen LogP contribution in [-0.2, 0) is 6.54 Å². The van der Waals surface area contributed by atoms with Gasteiger partial charge in [0.2, 0.25) is 0 Å². The van der Waals surface area contributed by atoms with Gasteiger partial charge in [-0.25, -0.2) is 9.78 Å². The van der Waals surface area contributed by atoms with Crippen molar-refractivity contribution in [1.82, 2.24) is 9.55 Å². The maximum Gasteiger partial charge on any atom is 0.335 e. The summed E-state index contributed by atoms with van der Waals surface area (Å²) in [6.45, 7) is 2.85. The van der Waals surface area contributed by atoms with Crippen molar-refractivity contribution in [3.8, 4) is 17.1 Å². The van der Waals surface area contributed by atoms with E-state index >= 15 is 0 Å². The highest BCUT2D eigenvalue weighted by atomic mass is 16.4. The molecule has 1 aromatic heterocycles. The lowest BCUT2D eigenvalue weighted by Crippen LogP contribution is -2.00. The second-order valence-electron chi connectivity index (χ2n) is 3.98. The summed E-state index contributed by atoms with van der Waals surface area (Å²) in [5, 5.41) is 18.7. The third kappa shape index (κ3) is 2.20. The van der Waals surface area contributed by atoms with Crippen LogP contribution in [0.25, 0.3) is 11.4 Å². The molecule has 0 saturated carbocycles. The summed E-state index contributed by atoms with van der Waals surface area (Å²) < 4.78 is 1.93. The van der Waals surface area contributed by atoms with Crippen LogP contribution in [-0.4, -0.2) is 25.7 Å².